The minimum absolute atomic E-state index is 0. The van der Waals surface area contributed by atoms with E-state index in [0.717, 1.165) is 12.8 Å². The van der Waals surface area contributed by atoms with E-state index in [9.17, 15) is 0 Å². The van der Waals surface area contributed by atoms with E-state index in [1.54, 1.807) is 0 Å². The van der Waals surface area contributed by atoms with Gasteiger partial charge in [0.1, 0.15) is 6.79 Å². The first-order chi connectivity index (χ1) is 6.00. The van der Waals surface area contributed by atoms with Gasteiger partial charge in [-0.05, 0) is 0 Å². The zero-order valence-electron chi connectivity index (χ0n) is 7.37. The number of allylic oxidation sites excluding steroid dienone is 8. The van der Waals surface area contributed by atoms with E-state index in [4.69, 9.17) is 4.79 Å². The van der Waals surface area contributed by atoms with Crippen molar-refractivity contribution in [2.24, 2.45) is 0 Å². The van der Waals surface area contributed by atoms with Crippen molar-refractivity contribution < 1.29 is 25.2 Å². The molecule has 1 nitrogen and oxygen atoms in total. The van der Waals surface area contributed by atoms with Gasteiger partial charge in [-0.15, -0.1) is 12.8 Å². The molecule has 0 aromatic carbocycles. The van der Waals surface area contributed by atoms with Crippen LogP contribution < -0.4 is 0 Å². The Morgan fingerprint density at radius 3 is 1.38 bits per heavy atom. The molecule has 0 N–H and O–H groups in total. The van der Waals surface area contributed by atoms with Crippen LogP contribution in [0.25, 0.3) is 0 Å². The van der Waals surface area contributed by atoms with Gasteiger partial charge >= 0.3 is 0 Å². The molecule has 0 saturated heterocycles. The fraction of sp³-hybridized carbons (Fsp3) is 0.182. The molecule has 0 heterocycles. The maximum Gasteiger partial charge on any atom is 0.106 e. The summed E-state index contributed by atoms with van der Waals surface area (Å²) in [6, 6.07) is 0. The molecule has 2 aliphatic rings. The standard InChI is InChI=1S/2C5H5.CH2O.Re/c2*1-2-4-5-3-1;1-2;/h2*1-3H,4H2;1H2;/q2*-1;;. The molecular weight excluding hydrogens is 334 g/mol. The van der Waals surface area contributed by atoms with Crippen LogP contribution in [-0.4, -0.2) is 6.79 Å². The number of hydrogen-bond acceptors (Lipinski definition) is 1. The molecule has 0 aromatic heterocycles. The fourth-order valence-corrected chi connectivity index (χ4v) is 0.680. The molecule has 0 bridgehead atoms. The Morgan fingerprint density at radius 1 is 0.923 bits per heavy atom. The van der Waals surface area contributed by atoms with Gasteiger partial charge in [0.05, 0.1) is 0 Å². The molecule has 2 heteroatoms. The first-order valence-electron chi connectivity index (χ1n) is 3.72. The second-order valence-electron chi connectivity index (χ2n) is 2.01. The quantitative estimate of drug-likeness (QED) is 0.616. The second-order valence-corrected chi connectivity index (χ2v) is 2.01. The van der Waals surface area contributed by atoms with Crippen molar-refractivity contribution in [1.82, 2.24) is 0 Å². The van der Waals surface area contributed by atoms with Crippen LogP contribution in [0.3, 0.4) is 0 Å². The van der Waals surface area contributed by atoms with E-state index in [0.29, 0.717) is 0 Å². The van der Waals surface area contributed by atoms with Crippen molar-refractivity contribution in [3.05, 3.63) is 48.6 Å². The summed E-state index contributed by atoms with van der Waals surface area (Å²) in [6.07, 6.45) is 20.0. The van der Waals surface area contributed by atoms with Crippen LogP contribution in [0.2, 0.25) is 0 Å². The predicted octanol–water partition coefficient (Wildman–Crippen LogP) is 2.42. The molecule has 0 aliphatic heterocycles. The maximum absolute atomic E-state index is 8.00. The van der Waals surface area contributed by atoms with Gasteiger partial charge in [0.2, 0.25) is 0 Å². The summed E-state index contributed by atoms with van der Waals surface area (Å²) in [5.41, 5.74) is 0. The Hall–Kier alpha value is -0.708. The van der Waals surface area contributed by atoms with Gasteiger partial charge in [0, 0.05) is 20.4 Å². The van der Waals surface area contributed by atoms with Gasteiger partial charge in [-0.2, -0.15) is 12.2 Å². The summed E-state index contributed by atoms with van der Waals surface area (Å²) in [4.78, 5) is 8.00. The van der Waals surface area contributed by atoms with E-state index in [1.165, 1.54) is 0 Å². The Kier molecular flexibility index (Phi) is 15.8. The molecular formula is C11H12ORe-2. The number of carbonyl (C=O) groups is 1. The van der Waals surface area contributed by atoms with Gasteiger partial charge in [0.15, 0.2) is 0 Å². The third-order valence-corrected chi connectivity index (χ3v) is 1.17. The normalized spacial score (nSPS) is 13.8. The molecule has 1 radical (unpaired) electrons. The minimum atomic E-state index is 0. The van der Waals surface area contributed by atoms with Gasteiger partial charge in [-0.25, -0.2) is 24.3 Å². The van der Waals surface area contributed by atoms with Crippen LogP contribution in [0.5, 0.6) is 0 Å². The number of hydrogen-bond donors (Lipinski definition) is 0. The molecule has 0 spiro atoms. The first-order valence-corrected chi connectivity index (χ1v) is 3.72. The van der Waals surface area contributed by atoms with E-state index in [-0.39, 0.29) is 20.4 Å². The largest absolute Gasteiger partial charge is 0.307 e. The summed E-state index contributed by atoms with van der Waals surface area (Å²) in [6.45, 7) is 2.00. The van der Waals surface area contributed by atoms with Crippen LogP contribution in [0, 0.1) is 12.2 Å². The summed E-state index contributed by atoms with van der Waals surface area (Å²) in [5, 5.41) is 0. The minimum Gasteiger partial charge on any atom is -0.307 e. The topological polar surface area (TPSA) is 17.1 Å². The van der Waals surface area contributed by atoms with Gasteiger partial charge < -0.3 is 4.79 Å². The molecule has 0 atom stereocenters. The van der Waals surface area contributed by atoms with E-state index >= 15 is 0 Å². The fourth-order valence-electron chi connectivity index (χ4n) is 0.680. The Morgan fingerprint density at radius 2 is 1.31 bits per heavy atom. The monoisotopic (exact) mass is 347 g/mol. The number of carbonyl (C=O) groups excluding carboxylic acids is 1. The number of rotatable bonds is 0. The molecule has 0 amide bonds. The Labute approximate surface area is 93.6 Å². The van der Waals surface area contributed by atoms with Crippen LogP contribution in [0.15, 0.2) is 36.5 Å². The van der Waals surface area contributed by atoms with Crippen LogP contribution in [0.4, 0.5) is 0 Å². The second kappa shape index (κ2) is 13.9. The SMILES string of the molecule is C=O.[C-]1=CC=CC1.[C-]1=CC=CC1.[Re]. The van der Waals surface area contributed by atoms with Gasteiger partial charge in [-0.3, -0.25) is 12.2 Å². The summed E-state index contributed by atoms with van der Waals surface area (Å²) >= 11 is 0. The van der Waals surface area contributed by atoms with Crippen LogP contribution >= 0.6 is 0 Å². The van der Waals surface area contributed by atoms with E-state index in [1.807, 2.05) is 31.1 Å². The van der Waals surface area contributed by atoms with Gasteiger partial charge in [0.25, 0.3) is 0 Å². The molecule has 2 aliphatic carbocycles. The van der Waals surface area contributed by atoms with Crippen LogP contribution in [0.1, 0.15) is 12.8 Å². The van der Waals surface area contributed by atoms with Crippen molar-refractivity contribution >= 4 is 6.79 Å². The van der Waals surface area contributed by atoms with E-state index < -0.39 is 0 Å². The summed E-state index contributed by atoms with van der Waals surface area (Å²) < 4.78 is 0. The third kappa shape index (κ3) is 11.3. The van der Waals surface area contributed by atoms with Gasteiger partial charge in [-0.1, -0.05) is 0 Å². The summed E-state index contributed by atoms with van der Waals surface area (Å²) in [7, 11) is 0. The van der Waals surface area contributed by atoms with E-state index in [2.05, 4.69) is 24.3 Å². The molecule has 0 saturated carbocycles. The Bertz CT molecular complexity index is 160. The predicted molar refractivity (Wildman–Crippen MR) is 50.3 cm³/mol. The first kappa shape index (κ1) is 14.8. The van der Waals surface area contributed by atoms with Crippen LogP contribution in [-0.2, 0) is 25.2 Å². The average Bonchev–Trinajstić information content (AvgIpc) is 2.87. The average molecular weight is 346 g/mol. The Balaban J connectivity index is 0. The molecule has 71 valence electrons. The zero-order valence-corrected chi connectivity index (χ0v) is 10.1. The molecule has 2 rings (SSSR count). The van der Waals surface area contributed by atoms with Crippen molar-refractivity contribution in [2.75, 3.05) is 0 Å². The summed E-state index contributed by atoms with van der Waals surface area (Å²) in [5.74, 6) is 0. The van der Waals surface area contributed by atoms with Crippen molar-refractivity contribution in [2.45, 2.75) is 12.8 Å². The maximum atomic E-state index is 8.00. The van der Waals surface area contributed by atoms with Crippen molar-refractivity contribution in [3.8, 4) is 0 Å². The molecule has 0 unspecified atom stereocenters. The third-order valence-electron chi connectivity index (χ3n) is 1.17. The zero-order chi connectivity index (χ0) is 9.07. The van der Waals surface area contributed by atoms with Crippen molar-refractivity contribution in [1.29, 1.82) is 0 Å². The smallest absolute Gasteiger partial charge is 0.106 e. The molecule has 13 heavy (non-hydrogen) atoms. The molecule has 0 aromatic rings. The van der Waals surface area contributed by atoms with Crippen molar-refractivity contribution in [3.63, 3.8) is 0 Å². The molecule has 0 fully saturated rings.